The number of benzene rings is 4. The summed E-state index contributed by atoms with van der Waals surface area (Å²) < 4.78 is 12.2. The summed E-state index contributed by atoms with van der Waals surface area (Å²) in [5.74, 6) is 1.45. The van der Waals surface area contributed by atoms with Crippen LogP contribution in [0.25, 0.3) is 0 Å². The molecule has 1 unspecified atom stereocenters. The first kappa shape index (κ1) is 20.8. The van der Waals surface area contributed by atoms with Gasteiger partial charge in [-0.3, -0.25) is 4.79 Å². The predicted molar refractivity (Wildman–Crippen MR) is 127 cm³/mol. The van der Waals surface area contributed by atoms with E-state index in [4.69, 9.17) is 9.47 Å². The number of hydrogen-bond acceptors (Lipinski definition) is 4. The molecular weight excluding hydrogens is 412 g/mol. The molecule has 5 rings (SSSR count). The smallest absolute Gasteiger partial charge is 0.170 e. The van der Waals surface area contributed by atoms with Gasteiger partial charge in [-0.15, -0.1) is 0 Å². The monoisotopic (exact) mass is 436 g/mol. The van der Waals surface area contributed by atoms with Crippen molar-refractivity contribution >= 4 is 5.78 Å². The van der Waals surface area contributed by atoms with E-state index in [1.54, 1.807) is 18.2 Å². The molecule has 0 aromatic heterocycles. The van der Waals surface area contributed by atoms with E-state index < -0.39 is 6.10 Å². The molecule has 0 saturated carbocycles. The lowest BCUT2D eigenvalue weighted by molar-refractivity contribution is 0.0849. The van der Waals surface area contributed by atoms with E-state index >= 15 is 0 Å². The Bertz CT molecular complexity index is 1270. The molecule has 0 amide bonds. The number of ketones is 1. The van der Waals surface area contributed by atoms with Gasteiger partial charge in [0.1, 0.15) is 30.0 Å². The number of aromatic hydroxyl groups is 1. The first-order valence-corrected chi connectivity index (χ1v) is 11.0. The van der Waals surface area contributed by atoms with Gasteiger partial charge < -0.3 is 14.6 Å². The quantitative estimate of drug-likeness (QED) is 0.387. The third-order valence-electron chi connectivity index (χ3n) is 5.85. The first-order chi connectivity index (χ1) is 16.2. The van der Waals surface area contributed by atoms with Crippen LogP contribution < -0.4 is 9.47 Å². The number of fused-ring (bicyclic) bond motifs is 1. The Balaban J connectivity index is 1.36. The lowest BCUT2D eigenvalue weighted by Crippen LogP contribution is -2.20. The van der Waals surface area contributed by atoms with E-state index in [1.165, 1.54) is 0 Å². The fourth-order valence-corrected chi connectivity index (χ4v) is 4.08. The lowest BCUT2D eigenvalue weighted by Gasteiger charge is -2.26. The molecule has 1 aliphatic heterocycles. The highest BCUT2D eigenvalue weighted by atomic mass is 16.5. The highest BCUT2D eigenvalue weighted by Gasteiger charge is 2.28. The summed E-state index contributed by atoms with van der Waals surface area (Å²) in [6.07, 6.45) is 0.451. The van der Waals surface area contributed by atoms with Gasteiger partial charge in [0.2, 0.25) is 0 Å². The van der Waals surface area contributed by atoms with Crippen LogP contribution in [-0.4, -0.2) is 10.9 Å². The van der Waals surface area contributed by atoms with Crippen molar-refractivity contribution in [3.63, 3.8) is 0 Å². The number of phenols is 1. The van der Waals surface area contributed by atoms with E-state index in [-0.39, 0.29) is 18.0 Å². The minimum atomic E-state index is -0.413. The van der Waals surface area contributed by atoms with Crippen LogP contribution in [0.1, 0.15) is 45.1 Å². The Kier molecular flexibility index (Phi) is 5.81. The second-order valence-corrected chi connectivity index (χ2v) is 8.22. The van der Waals surface area contributed by atoms with E-state index in [0.717, 1.165) is 22.3 Å². The van der Waals surface area contributed by atoms with Gasteiger partial charge >= 0.3 is 0 Å². The Labute approximate surface area is 193 Å². The van der Waals surface area contributed by atoms with E-state index in [9.17, 15) is 9.90 Å². The van der Waals surface area contributed by atoms with Gasteiger partial charge in [0.25, 0.3) is 0 Å². The van der Waals surface area contributed by atoms with Crippen LogP contribution in [0.15, 0.2) is 97.1 Å². The van der Waals surface area contributed by atoms with Gasteiger partial charge in [-0.2, -0.15) is 0 Å². The molecule has 1 aliphatic rings. The Hall–Kier alpha value is -4.05. The van der Waals surface area contributed by atoms with Gasteiger partial charge in [0.05, 0.1) is 12.0 Å². The minimum absolute atomic E-state index is 0.0357. The molecule has 4 heteroatoms. The molecule has 33 heavy (non-hydrogen) atoms. The molecule has 1 N–H and O–H groups in total. The standard InChI is InChI=1S/C29H24O4/c30-26-14-11-22(16-23(26)15-20-7-3-1-4-8-20)28-18-27(31)25-13-12-24(17-29(25)33-28)32-19-21-9-5-2-6-10-21/h1-14,16-17,28,30H,15,18-19H2. The topological polar surface area (TPSA) is 55.8 Å². The largest absolute Gasteiger partial charge is 0.508 e. The zero-order valence-corrected chi connectivity index (χ0v) is 18.1. The number of phenolic OH excluding ortho intramolecular Hbond substituents is 1. The molecule has 0 spiro atoms. The van der Waals surface area contributed by atoms with Crippen molar-refractivity contribution in [1.29, 1.82) is 0 Å². The molecule has 0 radical (unpaired) electrons. The maximum atomic E-state index is 12.8. The Morgan fingerprint density at radius 2 is 1.58 bits per heavy atom. The van der Waals surface area contributed by atoms with Crippen LogP contribution in [0, 0.1) is 0 Å². The maximum Gasteiger partial charge on any atom is 0.170 e. The van der Waals surface area contributed by atoms with E-state index in [1.807, 2.05) is 78.9 Å². The molecule has 0 aliphatic carbocycles. The second kappa shape index (κ2) is 9.21. The molecule has 4 aromatic rings. The Morgan fingerprint density at radius 3 is 2.33 bits per heavy atom. The van der Waals surface area contributed by atoms with E-state index in [0.29, 0.717) is 30.1 Å². The van der Waals surface area contributed by atoms with Gasteiger partial charge in [-0.1, -0.05) is 66.7 Å². The first-order valence-electron chi connectivity index (χ1n) is 11.0. The van der Waals surface area contributed by atoms with Crippen LogP contribution in [0.2, 0.25) is 0 Å². The van der Waals surface area contributed by atoms with Crippen LogP contribution in [0.5, 0.6) is 17.2 Å². The lowest BCUT2D eigenvalue weighted by atomic mass is 9.94. The molecule has 0 saturated heterocycles. The number of carbonyl (C=O) groups excluding carboxylic acids is 1. The summed E-state index contributed by atoms with van der Waals surface area (Å²) in [5, 5.41) is 10.4. The SMILES string of the molecule is O=C1CC(c2ccc(O)c(Cc3ccccc3)c2)Oc2cc(OCc3ccccc3)ccc21. The predicted octanol–water partition coefficient (Wildman–Crippen LogP) is 6.27. The third kappa shape index (κ3) is 4.75. The summed E-state index contributed by atoms with van der Waals surface area (Å²) in [5.41, 5.74) is 4.42. The molecule has 4 nitrogen and oxygen atoms in total. The highest BCUT2D eigenvalue weighted by molar-refractivity contribution is 6.00. The molecule has 4 aromatic carbocycles. The molecule has 164 valence electrons. The van der Waals surface area contributed by atoms with Crippen molar-refractivity contribution in [2.75, 3.05) is 0 Å². The number of Topliss-reactive ketones (excluding diaryl/α,β-unsaturated/α-hetero) is 1. The Morgan fingerprint density at radius 1 is 0.848 bits per heavy atom. The summed E-state index contributed by atoms with van der Waals surface area (Å²) in [7, 11) is 0. The zero-order chi connectivity index (χ0) is 22.6. The summed E-state index contributed by atoms with van der Waals surface area (Å²) in [4.78, 5) is 12.8. The number of hydrogen-bond donors (Lipinski definition) is 1. The van der Waals surface area contributed by atoms with Crippen LogP contribution >= 0.6 is 0 Å². The van der Waals surface area contributed by atoms with Gasteiger partial charge in [-0.05, 0) is 46.5 Å². The van der Waals surface area contributed by atoms with Crippen molar-refractivity contribution in [3.8, 4) is 17.2 Å². The average molecular weight is 437 g/mol. The normalized spacial score (nSPS) is 14.9. The van der Waals surface area contributed by atoms with Crippen molar-refractivity contribution in [3.05, 3.63) is 125 Å². The molecule has 0 fully saturated rings. The maximum absolute atomic E-state index is 12.8. The summed E-state index contributed by atoms with van der Waals surface area (Å²) in [6, 6.07) is 30.7. The second-order valence-electron chi connectivity index (χ2n) is 8.22. The van der Waals surface area contributed by atoms with Crippen molar-refractivity contribution < 1.29 is 19.4 Å². The molecular formula is C29H24O4. The third-order valence-corrected chi connectivity index (χ3v) is 5.85. The van der Waals surface area contributed by atoms with Crippen LogP contribution in [0.3, 0.4) is 0 Å². The van der Waals surface area contributed by atoms with E-state index in [2.05, 4.69) is 0 Å². The van der Waals surface area contributed by atoms with Crippen LogP contribution in [0.4, 0.5) is 0 Å². The zero-order valence-electron chi connectivity index (χ0n) is 18.1. The average Bonchev–Trinajstić information content (AvgIpc) is 2.85. The fourth-order valence-electron chi connectivity index (χ4n) is 4.08. The minimum Gasteiger partial charge on any atom is -0.508 e. The van der Waals surface area contributed by atoms with Crippen molar-refractivity contribution in [1.82, 2.24) is 0 Å². The number of rotatable bonds is 6. The number of ether oxygens (including phenoxy) is 2. The summed E-state index contributed by atoms with van der Waals surface area (Å²) >= 11 is 0. The summed E-state index contributed by atoms with van der Waals surface area (Å²) in [6.45, 7) is 0.442. The van der Waals surface area contributed by atoms with Gasteiger partial charge in [-0.25, -0.2) is 0 Å². The van der Waals surface area contributed by atoms with Gasteiger partial charge in [0, 0.05) is 12.5 Å². The van der Waals surface area contributed by atoms with Crippen molar-refractivity contribution in [2.45, 2.75) is 25.6 Å². The van der Waals surface area contributed by atoms with Crippen molar-refractivity contribution in [2.24, 2.45) is 0 Å². The highest BCUT2D eigenvalue weighted by Crippen LogP contribution is 2.38. The fraction of sp³-hybridized carbons (Fsp3) is 0.138. The molecule has 1 atom stereocenters. The number of carbonyl (C=O) groups is 1. The van der Waals surface area contributed by atoms with Gasteiger partial charge in [0.15, 0.2) is 5.78 Å². The molecule has 1 heterocycles. The van der Waals surface area contributed by atoms with Crippen LogP contribution in [-0.2, 0) is 13.0 Å². The molecule has 0 bridgehead atoms.